The lowest BCUT2D eigenvalue weighted by molar-refractivity contribution is -0.266. The molecule has 1 aliphatic carbocycles. The van der Waals surface area contributed by atoms with Gasteiger partial charge in [-0.05, 0) is 38.0 Å². The van der Waals surface area contributed by atoms with Crippen LogP contribution in [0.3, 0.4) is 0 Å². The highest BCUT2D eigenvalue weighted by molar-refractivity contribution is 6.30. The van der Waals surface area contributed by atoms with Crippen LogP contribution < -0.4 is 5.32 Å². The molecule has 0 saturated heterocycles. The molecule has 0 radical (unpaired) electrons. The SMILES string of the molecule is C[C@H]1O[C@@](C#CC2CC2)(C(F)(F)F)c2cc(Cl)ccc2NC1=O. The highest BCUT2D eigenvalue weighted by Gasteiger charge is 2.60. The summed E-state index contributed by atoms with van der Waals surface area (Å²) in [7, 11) is 0. The lowest BCUT2D eigenvalue weighted by Crippen LogP contribution is -2.46. The fourth-order valence-corrected chi connectivity index (χ4v) is 2.52. The number of nitrogens with one attached hydrogen (secondary N) is 1. The van der Waals surface area contributed by atoms with Gasteiger partial charge >= 0.3 is 6.18 Å². The maximum atomic E-state index is 13.9. The molecular weight excluding hydrogens is 331 g/mol. The van der Waals surface area contributed by atoms with Gasteiger partial charge in [-0.25, -0.2) is 0 Å². The Bertz CT molecular complexity index is 718. The number of fused-ring (bicyclic) bond motifs is 1. The Hall–Kier alpha value is -1.71. The van der Waals surface area contributed by atoms with Crippen LogP contribution in [-0.4, -0.2) is 18.2 Å². The van der Waals surface area contributed by atoms with Crippen LogP contribution in [-0.2, 0) is 15.1 Å². The molecule has 2 atom stereocenters. The van der Waals surface area contributed by atoms with Gasteiger partial charge in [0, 0.05) is 22.2 Å². The van der Waals surface area contributed by atoms with Crippen molar-refractivity contribution in [2.75, 3.05) is 5.32 Å². The van der Waals surface area contributed by atoms with Gasteiger partial charge in [-0.1, -0.05) is 23.4 Å². The minimum absolute atomic E-state index is 0.00571. The van der Waals surface area contributed by atoms with Crippen LogP contribution in [0.25, 0.3) is 0 Å². The van der Waals surface area contributed by atoms with Crippen LogP contribution in [0.5, 0.6) is 0 Å². The maximum absolute atomic E-state index is 13.9. The second-order valence-electron chi connectivity index (χ2n) is 5.66. The van der Waals surface area contributed by atoms with E-state index in [0.29, 0.717) is 0 Å². The van der Waals surface area contributed by atoms with E-state index in [2.05, 4.69) is 17.2 Å². The standard InChI is InChI=1S/C16H13ClF3NO2/c1-9-14(22)21-13-5-4-11(17)8-12(13)15(23-9,16(18,19)20)7-6-10-2-3-10/h4-5,8-10H,2-3H2,1H3,(H,21,22)/t9-,15-/m1/s1. The average Bonchev–Trinajstić information content (AvgIpc) is 3.27. The van der Waals surface area contributed by atoms with E-state index < -0.39 is 23.8 Å². The molecule has 1 aromatic carbocycles. The number of halogens is 4. The second kappa shape index (κ2) is 5.43. The van der Waals surface area contributed by atoms with Crippen molar-refractivity contribution < 1.29 is 22.7 Å². The van der Waals surface area contributed by atoms with Gasteiger partial charge in [-0.2, -0.15) is 13.2 Å². The molecule has 0 unspecified atom stereocenters. The Morgan fingerprint density at radius 1 is 1.39 bits per heavy atom. The predicted octanol–water partition coefficient (Wildman–Crippen LogP) is 3.87. The highest BCUT2D eigenvalue weighted by Crippen LogP contribution is 2.48. The summed E-state index contributed by atoms with van der Waals surface area (Å²) in [5, 5.41) is 2.55. The van der Waals surface area contributed by atoms with Crippen molar-refractivity contribution in [3.63, 3.8) is 0 Å². The van der Waals surface area contributed by atoms with E-state index in [0.717, 1.165) is 18.9 Å². The summed E-state index contributed by atoms with van der Waals surface area (Å²) in [5.41, 5.74) is -3.16. The Morgan fingerprint density at radius 3 is 2.70 bits per heavy atom. The number of amides is 1. The van der Waals surface area contributed by atoms with E-state index in [1.807, 2.05) is 0 Å². The molecule has 3 rings (SSSR count). The summed E-state index contributed by atoms with van der Waals surface area (Å²) < 4.78 is 47.0. The van der Waals surface area contributed by atoms with Crippen LogP contribution in [0.1, 0.15) is 25.3 Å². The van der Waals surface area contributed by atoms with Crippen LogP contribution in [0.15, 0.2) is 18.2 Å². The molecule has 1 aliphatic heterocycles. The maximum Gasteiger partial charge on any atom is 0.433 e. The molecule has 0 aromatic heterocycles. The fraction of sp³-hybridized carbons (Fsp3) is 0.438. The van der Waals surface area contributed by atoms with E-state index in [1.165, 1.54) is 19.1 Å². The molecule has 23 heavy (non-hydrogen) atoms. The number of benzene rings is 1. The van der Waals surface area contributed by atoms with Crippen LogP contribution in [0.4, 0.5) is 18.9 Å². The third-order valence-electron chi connectivity index (χ3n) is 3.77. The van der Waals surface area contributed by atoms with Crippen LogP contribution in [0.2, 0.25) is 5.02 Å². The number of carbonyl (C=O) groups excluding carboxylic acids is 1. The highest BCUT2D eigenvalue weighted by atomic mass is 35.5. The van der Waals surface area contributed by atoms with Gasteiger partial charge in [0.05, 0.1) is 0 Å². The lowest BCUT2D eigenvalue weighted by atomic mass is 9.91. The third kappa shape index (κ3) is 2.91. The van der Waals surface area contributed by atoms with Gasteiger partial charge in [0.1, 0.15) is 6.10 Å². The molecule has 1 aromatic rings. The van der Waals surface area contributed by atoms with Gasteiger partial charge in [0.25, 0.3) is 11.5 Å². The number of carbonyl (C=O) groups is 1. The molecule has 1 amide bonds. The number of ether oxygens (including phenoxy) is 1. The quantitative estimate of drug-likeness (QED) is 0.726. The summed E-state index contributed by atoms with van der Waals surface area (Å²) in [5.74, 6) is 4.17. The second-order valence-corrected chi connectivity index (χ2v) is 6.10. The summed E-state index contributed by atoms with van der Waals surface area (Å²) in [6, 6.07) is 3.88. The van der Waals surface area contributed by atoms with E-state index >= 15 is 0 Å². The lowest BCUT2D eigenvalue weighted by Gasteiger charge is -2.32. The summed E-state index contributed by atoms with van der Waals surface area (Å²) in [4.78, 5) is 11.9. The summed E-state index contributed by atoms with van der Waals surface area (Å²) in [6.45, 7) is 1.27. The first-order chi connectivity index (χ1) is 10.7. The number of anilines is 1. The molecule has 1 heterocycles. The van der Waals surface area contributed by atoms with E-state index in [1.54, 1.807) is 0 Å². The Labute approximate surface area is 136 Å². The first-order valence-corrected chi connectivity index (χ1v) is 7.49. The third-order valence-corrected chi connectivity index (χ3v) is 4.01. The van der Waals surface area contributed by atoms with Gasteiger partial charge in [0.15, 0.2) is 0 Å². The Morgan fingerprint density at radius 2 is 2.09 bits per heavy atom. The predicted molar refractivity (Wildman–Crippen MR) is 78.9 cm³/mol. The molecule has 2 aliphatic rings. The van der Waals surface area contributed by atoms with Gasteiger partial charge < -0.3 is 10.1 Å². The zero-order chi connectivity index (χ0) is 16.8. The smallest absolute Gasteiger partial charge is 0.337 e. The van der Waals surface area contributed by atoms with Gasteiger partial charge in [0.2, 0.25) is 0 Å². The van der Waals surface area contributed by atoms with E-state index in [4.69, 9.17) is 16.3 Å². The molecule has 3 nitrogen and oxygen atoms in total. The normalized spacial score (nSPS) is 27.3. The number of alkyl halides is 3. The summed E-state index contributed by atoms with van der Waals surface area (Å²) >= 11 is 5.87. The van der Waals surface area contributed by atoms with Crippen molar-refractivity contribution >= 4 is 23.2 Å². The molecule has 0 bridgehead atoms. The van der Waals surface area contributed by atoms with Gasteiger partial charge in [-0.15, -0.1) is 0 Å². The van der Waals surface area contributed by atoms with Crippen molar-refractivity contribution in [1.82, 2.24) is 0 Å². The number of hydrogen-bond acceptors (Lipinski definition) is 2. The van der Waals surface area contributed by atoms with Crippen molar-refractivity contribution in [2.45, 2.75) is 37.6 Å². The minimum Gasteiger partial charge on any atom is -0.337 e. The fourth-order valence-electron chi connectivity index (χ4n) is 2.35. The van der Waals surface area contributed by atoms with Crippen molar-refractivity contribution in [1.29, 1.82) is 0 Å². The van der Waals surface area contributed by atoms with E-state index in [-0.39, 0.29) is 22.2 Å². The average molecular weight is 344 g/mol. The Kier molecular flexibility index (Phi) is 3.81. The molecule has 7 heteroatoms. The van der Waals surface area contributed by atoms with E-state index in [9.17, 15) is 18.0 Å². The largest absolute Gasteiger partial charge is 0.433 e. The molecule has 0 spiro atoms. The zero-order valence-corrected chi connectivity index (χ0v) is 12.9. The molecule has 122 valence electrons. The molecule has 1 fully saturated rings. The first kappa shape index (κ1) is 16.2. The number of rotatable bonds is 0. The van der Waals surface area contributed by atoms with Crippen LogP contribution >= 0.6 is 11.6 Å². The molecular formula is C16H13ClF3NO2. The minimum atomic E-state index is -4.82. The zero-order valence-electron chi connectivity index (χ0n) is 12.1. The van der Waals surface area contributed by atoms with Crippen molar-refractivity contribution in [3.05, 3.63) is 28.8 Å². The first-order valence-electron chi connectivity index (χ1n) is 7.11. The summed E-state index contributed by atoms with van der Waals surface area (Å²) in [6.07, 6.45) is -4.59. The van der Waals surface area contributed by atoms with Gasteiger partial charge in [-0.3, -0.25) is 4.79 Å². The monoisotopic (exact) mass is 343 g/mol. The van der Waals surface area contributed by atoms with Crippen molar-refractivity contribution in [2.24, 2.45) is 5.92 Å². The molecule has 1 saturated carbocycles. The van der Waals surface area contributed by atoms with Crippen molar-refractivity contribution in [3.8, 4) is 11.8 Å². The Balaban J connectivity index is 2.25. The van der Waals surface area contributed by atoms with Crippen LogP contribution in [0, 0.1) is 17.8 Å². The molecule has 1 N–H and O–H groups in total. The number of hydrogen-bond donors (Lipinski definition) is 1. The topological polar surface area (TPSA) is 38.3 Å².